The summed E-state index contributed by atoms with van der Waals surface area (Å²) in [7, 11) is 0. The Hall–Kier alpha value is -1.10. The third-order valence-electron chi connectivity index (χ3n) is 2.60. The summed E-state index contributed by atoms with van der Waals surface area (Å²) in [5.41, 5.74) is 2.06. The highest BCUT2D eigenvalue weighted by molar-refractivity contribution is 7.13. The van der Waals surface area contributed by atoms with Crippen LogP contribution in [0.3, 0.4) is 0 Å². The van der Waals surface area contributed by atoms with Crippen LogP contribution in [0.15, 0.2) is 30.7 Å². The summed E-state index contributed by atoms with van der Waals surface area (Å²) in [5, 5.41) is 1.88. The lowest BCUT2D eigenvalue weighted by Gasteiger charge is -1.99. The van der Waals surface area contributed by atoms with Gasteiger partial charge in [0, 0.05) is 16.6 Å². The highest BCUT2D eigenvalue weighted by Crippen LogP contribution is 2.26. The molecule has 0 aliphatic carbocycles. The Bertz CT molecular complexity index is 675. The monoisotopic (exact) mass is 299 g/mol. The molecule has 0 saturated heterocycles. The number of fused-ring (bicyclic) bond motifs is 1. The molecule has 0 fully saturated rings. The average molecular weight is 300 g/mol. The molecule has 0 bridgehead atoms. The van der Waals surface area contributed by atoms with Crippen LogP contribution in [0.5, 0.6) is 0 Å². The lowest BCUT2D eigenvalue weighted by molar-refractivity contribution is 0.787. The third kappa shape index (κ3) is 2.51. The second kappa shape index (κ2) is 5.26. The van der Waals surface area contributed by atoms with Gasteiger partial charge in [-0.1, -0.05) is 11.6 Å². The largest absolute Gasteiger partial charge is 0.331 e. The molecular formula is C12H11Cl2N3S. The van der Waals surface area contributed by atoms with Gasteiger partial charge >= 0.3 is 0 Å². The van der Waals surface area contributed by atoms with Gasteiger partial charge in [-0.15, -0.1) is 12.4 Å². The first kappa shape index (κ1) is 13.3. The Morgan fingerprint density at radius 3 is 2.94 bits per heavy atom. The molecule has 18 heavy (non-hydrogen) atoms. The molecular weight excluding hydrogens is 289 g/mol. The van der Waals surface area contributed by atoms with Gasteiger partial charge in [0.2, 0.25) is 0 Å². The van der Waals surface area contributed by atoms with Crippen molar-refractivity contribution in [1.29, 1.82) is 0 Å². The van der Waals surface area contributed by atoms with Gasteiger partial charge in [-0.25, -0.2) is 4.98 Å². The number of halogens is 2. The minimum absolute atomic E-state index is 0. The van der Waals surface area contributed by atoms with Crippen LogP contribution in [0.2, 0.25) is 5.02 Å². The van der Waals surface area contributed by atoms with Gasteiger partial charge in [-0.2, -0.15) is 4.37 Å². The molecule has 2 heterocycles. The van der Waals surface area contributed by atoms with E-state index in [1.165, 1.54) is 16.2 Å². The Balaban J connectivity index is 0.00000120. The topological polar surface area (TPSA) is 30.7 Å². The maximum absolute atomic E-state index is 6.01. The van der Waals surface area contributed by atoms with Crippen molar-refractivity contribution in [3.8, 4) is 0 Å². The maximum Gasteiger partial charge on any atom is 0.0952 e. The molecule has 0 atom stereocenters. The van der Waals surface area contributed by atoms with Crippen LogP contribution >= 0.6 is 35.5 Å². The van der Waals surface area contributed by atoms with E-state index in [-0.39, 0.29) is 12.4 Å². The Labute approximate surface area is 120 Å². The van der Waals surface area contributed by atoms with E-state index in [1.807, 2.05) is 42.2 Å². The predicted octanol–water partition coefficient (Wildman–Crippen LogP) is 3.92. The van der Waals surface area contributed by atoms with E-state index >= 15 is 0 Å². The molecule has 0 amide bonds. The fourth-order valence-corrected chi connectivity index (χ4v) is 2.75. The summed E-state index contributed by atoms with van der Waals surface area (Å²) in [6.07, 6.45) is 3.83. The second-order valence-electron chi connectivity index (χ2n) is 3.96. The standard InChI is InChI=1S/C12H10ClN3S.ClH/c1-8-5-16(7-14-8)6-11-10-4-9(13)2-3-12(10)17-15-11;/h2-5,7H,6H2,1H3;1H. The smallest absolute Gasteiger partial charge is 0.0952 e. The molecule has 0 aliphatic rings. The Kier molecular flexibility index (Phi) is 3.90. The highest BCUT2D eigenvalue weighted by Gasteiger charge is 2.07. The Morgan fingerprint density at radius 2 is 2.22 bits per heavy atom. The first-order valence-corrected chi connectivity index (χ1v) is 6.40. The van der Waals surface area contributed by atoms with Gasteiger partial charge in [-0.05, 0) is 36.7 Å². The predicted molar refractivity (Wildman–Crippen MR) is 77.9 cm³/mol. The van der Waals surface area contributed by atoms with E-state index in [0.29, 0.717) is 0 Å². The van der Waals surface area contributed by atoms with E-state index in [1.54, 1.807) is 0 Å². The number of nitrogens with zero attached hydrogens (tertiary/aromatic N) is 3. The molecule has 0 radical (unpaired) electrons. The Morgan fingerprint density at radius 1 is 1.39 bits per heavy atom. The number of aromatic nitrogens is 3. The quantitative estimate of drug-likeness (QED) is 0.718. The summed E-state index contributed by atoms with van der Waals surface area (Å²) in [4.78, 5) is 4.21. The number of hydrogen-bond acceptors (Lipinski definition) is 3. The van der Waals surface area contributed by atoms with E-state index < -0.39 is 0 Å². The maximum atomic E-state index is 6.01. The van der Waals surface area contributed by atoms with E-state index in [2.05, 4.69) is 9.36 Å². The molecule has 0 aliphatic heterocycles. The van der Waals surface area contributed by atoms with Crippen molar-refractivity contribution in [3.05, 3.63) is 47.1 Å². The van der Waals surface area contributed by atoms with E-state index in [4.69, 9.17) is 11.6 Å². The fourth-order valence-electron chi connectivity index (χ4n) is 1.81. The van der Waals surface area contributed by atoms with E-state index in [0.717, 1.165) is 28.3 Å². The molecule has 3 rings (SSSR count). The number of rotatable bonds is 2. The van der Waals surface area contributed by atoms with Crippen molar-refractivity contribution in [1.82, 2.24) is 13.9 Å². The first-order valence-electron chi connectivity index (χ1n) is 5.24. The van der Waals surface area contributed by atoms with Gasteiger partial charge in [0.25, 0.3) is 0 Å². The summed E-state index contributed by atoms with van der Waals surface area (Å²) in [6.45, 7) is 2.72. The van der Waals surface area contributed by atoms with Crippen molar-refractivity contribution in [2.75, 3.05) is 0 Å². The van der Waals surface area contributed by atoms with Gasteiger partial charge < -0.3 is 4.57 Å². The minimum Gasteiger partial charge on any atom is -0.331 e. The summed E-state index contributed by atoms with van der Waals surface area (Å²) in [5.74, 6) is 0. The fraction of sp³-hybridized carbons (Fsp3) is 0.167. The molecule has 94 valence electrons. The zero-order chi connectivity index (χ0) is 11.8. The van der Waals surface area contributed by atoms with Gasteiger partial charge in [-0.3, -0.25) is 0 Å². The van der Waals surface area contributed by atoms with Gasteiger partial charge in [0.05, 0.1) is 29.0 Å². The third-order valence-corrected chi connectivity index (χ3v) is 3.70. The summed E-state index contributed by atoms with van der Waals surface area (Å²) >= 11 is 7.52. The van der Waals surface area contributed by atoms with Crippen LogP contribution in [0.1, 0.15) is 11.4 Å². The van der Waals surface area contributed by atoms with Gasteiger partial charge in [0.1, 0.15) is 0 Å². The highest BCUT2D eigenvalue weighted by atomic mass is 35.5. The lowest BCUT2D eigenvalue weighted by Crippen LogP contribution is -1.96. The van der Waals surface area contributed by atoms with Crippen LogP contribution in [-0.4, -0.2) is 13.9 Å². The van der Waals surface area contributed by atoms with Crippen LogP contribution in [0, 0.1) is 6.92 Å². The SMILES string of the molecule is Cc1cn(Cc2nsc3ccc(Cl)cc23)cn1.Cl. The molecule has 3 aromatic rings. The molecule has 0 unspecified atom stereocenters. The lowest BCUT2D eigenvalue weighted by atomic mass is 10.2. The van der Waals surface area contributed by atoms with Crippen LogP contribution in [0.25, 0.3) is 10.1 Å². The van der Waals surface area contributed by atoms with Crippen molar-refractivity contribution in [2.24, 2.45) is 0 Å². The van der Waals surface area contributed by atoms with Crippen molar-refractivity contribution >= 4 is 45.6 Å². The van der Waals surface area contributed by atoms with Crippen molar-refractivity contribution in [3.63, 3.8) is 0 Å². The number of imidazole rings is 1. The zero-order valence-electron chi connectivity index (χ0n) is 9.63. The molecule has 2 aromatic heterocycles. The number of aryl methyl sites for hydroxylation is 1. The molecule has 0 spiro atoms. The van der Waals surface area contributed by atoms with Crippen LogP contribution in [0.4, 0.5) is 0 Å². The molecule has 1 aromatic carbocycles. The molecule has 3 nitrogen and oxygen atoms in total. The van der Waals surface area contributed by atoms with E-state index in [9.17, 15) is 0 Å². The zero-order valence-corrected chi connectivity index (χ0v) is 12.0. The number of benzene rings is 1. The summed E-state index contributed by atoms with van der Waals surface area (Å²) < 4.78 is 7.68. The summed E-state index contributed by atoms with van der Waals surface area (Å²) in [6, 6.07) is 5.88. The molecule has 0 saturated carbocycles. The number of hydrogen-bond donors (Lipinski definition) is 0. The minimum atomic E-state index is 0. The van der Waals surface area contributed by atoms with Crippen LogP contribution < -0.4 is 0 Å². The first-order chi connectivity index (χ1) is 8.22. The van der Waals surface area contributed by atoms with Crippen LogP contribution in [-0.2, 0) is 6.54 Å². The molecule has 6 heteroatoms. The normalized spacial score (nSPS) is 10.6. The average Bonchev–Trinajstić information content (AvgIpc) is 2.87. The van der Waals surface area contributed by atoms with Gasteiger partial charge in [0.15, 0.2) is 0 Å². The molecule has 0 N–H and O–H groups in total. The van der Waals surface area contributed by atoms with Crippen molar-refractivity contribution in [2.45, 2.75) is 13.5 Å². The van der Waals surface area contributed by atoms with Crippen molar-refractivity contribution < 1.29 is 0 Å². The second-order valence-corrected chi connectivity index (χ2v) is 5.20.